The summed E-state index contributed by atoms with van der Waals surface area (Å²) in [6, 6.07) is 1.78. The first-order valence-corrected chi connectivity index (χ1v) is 5.53. The molecule has 0 amide bonds. The van der Waals surface area contributed by atoms with E-state index in [0.29, 0.717) is 0 Å². The second kappa shape index (κ2) is 4.38. The van der Waals surface area contributed by atoms with Crippen LogP contribution in [0.5, 0.6) is 0 Å². The van der Waals surface area contributed by atoms with Gasteiger partial charge in [-0.1, -0.05) is 11.6 Å². The molecule has 1 aromatic carbocycles. The molecule has 0 aliphatic carbocycles. The highest BCUT2D eigenvalue weighted by atomic mass is 35.5. The molecule has 19 heavy (non-hydrogen) atoms. The third-order valence-corrected chi connectivity index (χ3v) is 2.99. The number of halogens is 4. The van der Waals surface area contributed by atoms with E-state index in [-0.39, 0.29) is 16.1 Å². The average Bonchev–Trinajstić information content (AvgIpc) is 2.28. The largest absolute Gasteiger partial charge is 0.417 e. The van der Waals surface area contributed by atoms with E-state index in [1.807, 2.05) is 0 Å². The molecule has 0 unspecified atom stereocenters. The topological polar surface area (TPSA) is 49.9 Å². The fourth-order valence-corrected chi connectivity index (χ4v) is 2.01. The molecule has 0 bridgehead atoms. The lowest BCUT2D eigenvalue weighted by Gasteiger charge is -2.11. The van der Waals surface area contributed by atoms with Crippen LogP contribution in [0.4, 0.5) is 13.2 Å². The summed E-state index contributed by atoms with van der Waals surface area (Å²) in [7, 11) is 0. The van der Waals surface area contributed by atoms with Gasteiger partial charge in [-0.15, -0.1) is 0 Å². The molecular formula is C12H7ClF3NO2. The Bertz CT molecular complexity index is 734. The fraction of sp³-hybridized carbons (Fsp3) is 0.167. The van der Waals surface area contributed by atoms with Crippen LogP contribution in [0.2, 0.25) is 5.02 Å². The molecule has 7 heteroatoms. The lowest BCUT2D eigenvalue weighted by molar-refractivity contribution is -0.136. The number of nitrogens with one attached hydrogen (secondary N) is 1. The summed E-state index contributed by atoms with van der Waals surface area (Å²) in [5.74, 6) is -0.615. The number of aromatic nitrogens is 1. The molecule has 0 atom stereocenters. The van der Waals surface area contributed by atoms with E-state index in [1.54, 1.807) is 0 Å². The molecule has 0 spiro atoms. The number of ketones is 1. The van der Waals surface area contributed by atoms with E-state index >= 15 is 0 Å². The van der Waals surface area contributed by atoms with Gasteiger partial charge >= 0.3 is 6.18 Å². The van der Waals surface area contributed by atoms with Crippen LogP contribution >= 0.6 is 11.6 Å². The summed E-state index contributed by atoms with van der Waals surface area (Å²) in [5, 5.41) is -0.636. The van der Waals surface area contributed by atoms with Crippen molar-refractivity contribution in [2.45, 2.75) is 13.1 Å². The van der Waals surface area contributed by atoms with E-state index in [0.717, 1.165) is 25.3 Å². The lowest BCUT2D eigenvalue weighted by atomic mass is 10.0. The molecule has 100 valence electrons. The van der Waals surface area contributed by atoms with Gasteiger partial charge in [-0.25, -0.2) is 0 Å². The molecule has 0 saturated carbocycles. The Morgan fingerprint density at radius 2 is 1.95 bits per heavy atom. The summed E-state index contributed by atoms with van der Waals surface area (Å²) in [6.07, 6.45) is -3.63. The maximum Gasteiger partial charge on any atom is 0.417 e. The number of fused-ring (bicyclic) bond motifs is 1. The van der Waals surface area contributed by atoms with Crippen molar-refractivity contribution in [1.29, 1.82) is 0 Å². The number of hydrogen-bond donors (Lipinski definition) is 1. The molecule has 3 nitrogen and oxygen atoms in total. The van der Waals surface area contributed by atoms with Crippen molar-refractivity contribution in [3.63, 3.8) is 0 Å². The van der Waals surface area contributed by atoms with Crippen molar-refractivity contribution < 1.29 is 18.0 Å². The summed E-state index contributed by atoms with van der Waals surface area (Å²) in [5.41, 5.74) is -2.56. The van der Waals surface area contributed by atoms with Crippen LogP contribution < -0.4 is 5.43 Å². The van der Waals surface area contributed by atoms with Gasteiger partial charge < -0.3 is 4.98 Å². The van der Waals surface area contributed by atoms with Gasteiger partial charge in [-0.2, -0.15) is 13.2 Å². The van der Waals surface area contributed by atoms with Crippen molar-refractivity contribution in [2.24, 2.45) is 0 Å². The predicted molar refractivity (Wildman–Crippen MR) is 64.6 cm³/mol. The Hall–Kier alpha value is -1.82. The first-order chi connectivity index (χ1) is 8.73. The molecule has 1 aromatic heterocycles. The Kier molecular flexibility index (Phi) is 3.14. The summed E-state index contributed by atoms with van der Waals surface area (Å²) in [6.45, 7) is 1.11. The van der Waals surface area contributed by atoms with Gasteiger partial charge in [-0.05, 0) is 19.1 Å². The first-order valence-electron chi connectivity index (χ1n) is 5.15. The number of benzene rings is 1. The highest BCUT2D eigenvalue weighted by Gasteiger charge is 2.34. The molecule has 1 heterocycles. The number of Topliss-reactive ketones (excluding diaryl/α,β-unsaturated/α-hetero) is 1. The molecule has 1 N–H and O–H groups in total. The van der Waals surface area contributed by atoms with Crippen molar-refractivity contribution >= 4 is 28.3 Å². The number of H-pyrrole nitrogens is 1. The molecule has 0 saturated heterocycles. The minimum absolute atomic E-state index is 0.0183. The number of pyridine rings is 1. The van der Waals surface area contributed by atoms with Crippen molar-refractivity contribution in [3.05, 3.63) is 44.7 Å². The maximum absolute atomic E-state index is 12.9. The zero-order chi connectivity index (χ0) is 14.4. The van der Waals surface area contributed by atoms with Crippen LogP contribution in [-0.2, 0) is 6.18 Å². The first kappa shape index (κ1) is 13.6. The third-order valence-electron chi connectivity index (χ3n) is 2.67. The quantitative estimate of drug-likeness (QED) is 0.818. The Balaban J connectivity index is 3.02. The van der Waals surface area contributed by atoms with E-state index in [1.165, 1.54) is 0 Å². The second-order valence-electron chi connectivity index (χ2n) is 3.93. The molecule has 0 aliphatic rings. The summed E-state index contributed by atoms with van der Waals surface area (Å²) in [4.78, 5) is 25.7. The van der Waals surface area contributed by atoms with Crippen molar-refractivity contribution in [3.8, 4) is 0 Å². The van der Waals surface area contributed by atoms with Gasteiger partial charge in [0, 0.05) is 6.20 Å². The van der Waals surface area contributed by atoms with Crippen LogP contribution in [0.15, 0.2) is 23.1 Å². The van der Waals surface area contributed by atoms with Crippen LogP contribution in [0, 0.1) is 0 Å². The monoisotopic (exact) mass is 289 g/mol. The number of carbonyl (C=O) groups excluding carboxylic acids is 1. The van der Waals surface area contributed by atoms with E-state index < -0.39 is 28.3 Å². The SMILES string of the molecule is CC(=O)c1c[nH]c2c(Cl)ccc(C(F)(F)F)c2c1=O. The van der Waals surface area contributed by atoms with Gasteiger partial charge in [0.1, 0.15) is 0 Å². The maximum atomic E-state index is 12.9. The van der Waals surface area contributed by atoms with E-state index in [9.17, 15) is 22.8 Å². The zero-order valence-corrected chi connectivity index (χ0v) is 10.3. The Labute approximate surface area is 110 Å². The predicted octanol–water partition coefficient (Wildman–Crippen LogP) is 3.40. The molecule has 0 aliphatic heterocycles. The average molecular weight is 290 g/mol. The normalized spacial score (nSPS) is 11.8. The third kappa shape index (κ3) is 2.23. The standard InChI is InChI=1S/C12H7ClF3NO2/c1-5(18)6-4-17-10-8(13)3-2-7(12(14,15)16)9(10)11(6)19/h2-4H,1H3,(H,17,19). The lowest BCUT2D eigenvalue weighted by Crippen LogP contribution is -2.18. The summed E-state index contributed by atoms with van der Waals surface area (Å²) < 4.78 is 38.6. The number of carbonyl (C=O) groups is 1. The Morgan fingerprint density at radius 1 is 1.32 bits per heavy atom. The highest BCUT2D eigenvalue weighted by Crippen LogP contribution is 2.35. The molecular weight excluding hydrogens is 283 g/mol. The van der Waals surface area contributed by atoms with Crippen molar-refractivity contribution in [1.82, 2.24) is 4.98 Å². The number of alkyl halides is 3. The number of aromatic amines is 1. The van der Waals surface area contributed by atoms with Crippen LogP contribution in [-0.4, -0.2) is 10.8 Å². The highest BCUT2D eigenvalue weighted by molar-refractivity contribution is 6.35. The summed E-state index contributed by atoms with van der Waals surface area (Å²) >= 11 is 5.76. The van der Waals surface area contributed by atoms with E-state index in [4.69, 9.17) is 11.6 Å². The Morgan fingerprint density at radius 3 is 2.47 bits per heavy atom. The molecule has 0 fully saturated rings. The zero-order valence-electron chi connectivity index (χ0n) is 9.56. The van der Waals surface area contributed by atoms with Crippen LogP contribution in [0.1, 0.15) is 22.8 Å². The number of rotatable bonds is 1. The minimum atomic E-state index is -4.70. The van der Waals surface area contributed by atoms with Gasteiger partial charge in [0.25, 0.3) is 0 Å². The van der Waals surface area contributed by atoms with Gasteiger partial charge in [-0.3, -0.25) is 9.59 Å². The fourth-order valence-electron chi connectivity index (χ4n) is 1.80. The smallest absolute Gasteiger partial charge is 0.359 e. The van der Waals surface area contributed by atoms with Crippen LogP contribution in [0.25, 0.3) is 10.9 Å². The van der Waals surface area contributed by atoms with Gasteiger partial charge in [0.05, 0.1) is 27.1 Å². The van der Waals surface area contributed by atoms with Gasteiger partial charge in [0.15, 0.2) is 5.78 Å². The molecule has 0 radical (unpaired) electrons. The second-order valence-corrected chi connectivity index (χ2v) is 4.34. The van der Waals surface area contributed by atoms with E-state index in [2.05, 4.69) is 4.98 Å². The molecule has 2 aromatic rings. The van der Waals surface area contributed by atoms with Crippen molar-refractivity contribution in [2.75, 3.05) is 0 Å². The number of hydrogen-bond acceptors (Lipinski definition) is 2. The van der Waals surface area contributed by atoms with Crippen LogP contribution in [0.3, 0.4) is 0 Å². The molecule has 2 rings (SSSR count). The minimum Gasteiger partial charge on any atom is -0.359 e. The van der Waals surface area contributed by atoms with Gasteiger partial charge in [0.2, 0.25) is 5.43 Å².